The van der Waals surface area contributed by atoms with E-state index in [0.29, 0.717) is 16.1 Å². The number of Topliss-reactive ketones (excluding diaryl/α,β-unsaturated/α-hetero) is 1. The molecule has 0 unspecified atom stereocenters. The van der Waals surface area contributed by atoms with E-state index in [-0.39, 0.29) is 17.3 Å². The molecule has 0 radical (unpaired) electrons. The van der Waals surface area contributed by atoms with E-state index in [9.17, 15) is 18.0 Å². The highest BCUT2D eigenvalue weighted by molar-refractivity contribution is 7.90. The molecule has 0 aliphatic rings. The molecule has 0 bridgehead atoms. The fraction of sp³-hybridized carbons (Fsp3) is 0.176. The van der Waals surface area contributed by atoms with Crippen molar-refractivity contribution < 1.29 is 22.7 Å². The van der Waals surface area contributed by atoms with Gasteiger partial charge in [-0.2, -0.15) is 0 Å². The van der Waals surface area contributed by atoms with Gasteiger partial charge in [0.15, 0.2) is 5.78 Å². The Hall–Kier alpha value is -2.22. The van der Waals surface area contributed by atoms with Crippen LogP contribution in [0, 0.1) is 0 Å². The summed E-state index contributed by atoms with van der Waals surface area (Å²) in [6.07, 6.45) is 0. The average Bonchev–Trinajstić information content (AvgIpc) is 2.56. The molecule has 25 heavy (non-hydrogen) atoms. The lowest BCUT2D eigenvalue weighted by molar-refractivity contribution is -0.124. The minimum absolute atomic E-state index is 0.0838. The van der Waals surface area contributed by atoms with Crippen molar-refractivity contribution in [2.45, 2.75) is 18.4 Å². The highest BCUT2D eigenvalue weighted by Crippen LogP contribution is 2.15. The van der Waals surface area contributed by atoms with Gasteiger partial charge in [-0.1, -0.05) is 41.9 Å². The Morgan fingerprint density at radius 2 is 1.72 bits per heavy atom. The first-order chi connectivity index (χ1) is 11.8. The molecule has 0 fully saturated rings. The summed E-state index contributed by atoms with van der Waals surface area (Å²) in [6.45, 7) is 1.03. The van der Waals surface area contributed by atoms with Crippen molar-refractivity contribution in [2.24, 2.45) is 0 Å². The summed E-state index contributed by atoms with van der Waals surface area (Å²) in [6, 6.07) is 12.3. The van der Waals surface area contributed by atoms with E-state index < -0.39 is 22.5 Å². The summed E-state index contributed by atoms with van der Waals surface area (Å²) < 4.78 is 31.3. The van der Waals surface area contributed by atoms with Crippen molar-refractivity contribution in [3.8, 4) is 0 Å². The van der Waals surface area contributed by atoms with Gasteiger partial charge in [-0.05, 0) is 30.7 Å². The van der Waals surface area contributed by atoms with Gasteiger partial charge in [-0.25, -0.2) is 13.1 Å². The first kappa shape index (κ1) is 19.1. The van der Waals surface area contributed by atoms with Crippen molar-refractivity contribution in [1.82, 2.24) is 4.72 Å². The first-order valence-electron chi connectivity index (χ1n) is 7.27. The van der Waals surface area contributed by atoms with E-state index >= 15 is 0 Å². The molecule has 0 heterocycles. The van der Waals surface area contributed by atoms with Gasteiger partial charge >= 0.3 is 0 Å². The van der Waals surface area contributed by atoms with E-state index in [1.165, 1.54) is 31.2 Å². The topological polar surface area (TPSA) is 89.5 Å². The van der Waals surface area contributed by atoms with Gasteiger partial charge in [-0.3, -0.25) is 9.59 Å². The number of rotatable bonds is 7. The van der Waals surface area contributed by atoms with E-state index in [0.717, 1.165) is 0 Å². The predicted molar refractivity (Wildman–Crippen MR) is 92.9 cm³/mol. The summed E-state index contributed by atoms with van der Waals surface area (Å²) in [4.78, 5) is 22.9. The maximum atomic E-state index is 12.1. The molecule has 0 atom stereocenters. The summed E-state index contributed by atoms with van der Waals surface area (Å²) >= 11 is 5.96. The van der Waals surface area contributed by atoms with Gasteiger partial charge in [0.25, 0.3) is 15.9 Å². The maximum Gasteiger partial charge on any atom is 0.264 e. The third-order valence-corrected chi connectivity index (χ3v) is 5.03. The van der Waals surface area contributed by atoms with Crippen LogP contribution in [0.25, 0.3) is 0 Å². The van der Waals surface area contributed by atoms with Crippen molar-refractivity contribution >= 4 is 33.3 Å². The number of ether oxygens (including phenoxy) is 1. The van der Waals surface area contributed by atoms with Crippen LogP contribution in [0.1, 0.15) is 22.8 Å². The van der Waals surface area contributed by atoms with E-state index in [1.54, 1.807) is 24.3 Å². The van der Waals surface area contributed by atoms with Crippen LogP contribution in [-0.2, 0) is 26.2 Å². The zero-order valence-corrected chi connectivity index (χ0v) is 14.9. The highest BCUT2D eigenvalue weighted by atomic mass is 35.5. The van der Waals surface area contributed by atoms with E-state index in [4.69, 9.17) is 16.3 Å². The number of nitrogens with one attached hydrogen (secondary N) is 1. The number of carbonyl (C=O) groups excluding carboxylic acids is 2. The van der Waals surface area contributed by atoms with Crippen LogP contribution < -0.4 is 4.72 Å². The number of hydrogen-bond acceptors (Lipinski definition) is 5. The van der Waals surface area contributed by atoms with Crippen LogP contribution in [0.5, 0.6) is 0 Å². The molecule has 2 aromatic rings. The third-order valence-electron chi connectivity index (χ3n) is 3.27. The van der Waals surface area contributed by atoms with Crippen molar-refractivity contribution in [3.63, 3.8) is 0 Å². The molecule has 0 aliphatic heterocycles. The lowest BCUT2D eigenvalue weighted by Gasteiger charge is -2.08. The van der Waals surface area contributed by atoms with Crippen LogP contribution in [0.15, 0.2) is 53.4 Å². The van der Waals surface area contributed by atoms with Crippen LogP contribution in [0.2, 0.25) is 5.02 Å². The molecule has 0 spiro atoms. The first-order valence-corrected chi connectivity index (χ1v) is 9.13. The van der Waals surface area contributed by atoms with Crippen LogP contribution in [-0.4, -0.2) is 26.7 Å². The lowest BCUT2D eigenvalue weighted by Crippen LogP contribution is -2.33. The molecule has 0 saturated heterocycles. The van der Waals surface area contributed by atoms with Crippen LogP contribution in [0.3, 0.4) is 0 Å². The SMILES string of the molecule is CC(=O)c1ccc(S(=O)(=O)NC(=O)COCc2ccccc2Cl)cc1. The Morgan fingerprint density at radius 1 is 1.08 bits per heavy atom. The second-order valence-electron chi connectivity index (χ2n) is 5.19. The molecule has 1 N–H and O–H groups in total. The van der Waals surface area contributed by atoms with Crippen molar-refractivity contribution in [2.75, 3.05) is 6.61 Å². The standard InChI is InChI=1S/C17H16ClNO5S/c1-12(20)13-6-8-15(9-7-13)25(22,23)19-17(21)11-24-10-14-4-2-3-5-16(14)18/h2-9H,10-11H2,1H3,(H,19,21). The fourth-order valence-corrected chi connectivity index (χ4v) is 3.14. The van der Waals surface area contributed by atoms with Gasteiger partial charge in [0.2, 0.25) is 0 Å². The summed E-state index contributed by atoms with van der Waals surface area (Å²) in [7, 11) is -4.02. The number of benzene rings is 2. The Morgan fingerprint density at radius 3 is 2.32 bits per heavy atom. The third kappa shape index (κ3) is 5.38. The zero-order chi connectivity index (χ0) is 18.4. The molecule has 132 valence electrons. The minimum atomic E-state index is -4.02. The molecule has 6 nitrogen and oxygen atoms in total. The van der Waals surface area contributed by atoms with Gasteiger partial charge in [0.05, 0.1) is 11.5 Å². The fourth-order valence-electron chi connectivity index (χ4n) is 1.98. The normalized spacial score (nSPS) is 11.1. The quantitative estimate of drug-likeness (QED) is 0.744. The number of sulfonamides is 1. The summed E-state index contributed by atoms with van der Waals surface area (Å²) in [5, 5.41) is 0.501. The smallest absolute Gasteiger partial charge is 0.264 e. The average molecular weight is 382 g/mol. The van der Waals surface area contributed by atoms with Gasteiger partial charge in [0.1, 0.15) is 6.61 Å². The van der Waals surface area contributed by atoms with Gasteiger partial charge in [-0.15, -0.1) is 0 Å². The Labute approximate surface area is 150 Å². The lowest BCUT2D eigenvalue weighted by atomic mass is 10.2. The number of carbonyl (C=O) groups is 2. The molecule has 8 heteroatoms. The number of amides is 1. The molecule has 1 amide bonds. The Balaban J connectivity index is 1.92. The molecule has 2 aromatic carbocycles. The number of halogens is 1. The van der Waals surface area contributed by atoms with Crippen molar-refractivity contribution in [1.29, 1.82) is 0 Å². The second-order valence-corrected chi connectivity index (χ2v) is 7.28. The maximum absolute atomic E-state index is 12.1. The Bertz CT molecular complexity index is 878. The molecular weight excluding hydrogens is 366 g/mol. The Kier molecular flexibility index (Phi) is 6.30. The van der Waals surface area contributed by atoms with E-state index in [1.807, 2.05) is 4.72 Å². The molecular formula is C17H16ClNO5S. The van der Waals surface area contributed by atoms with Crippen LogP contribution in [0.4, 0.5) is 0 Å². The molecule has 2 rings (SSSR count). The number of ketones is 1. The molecule has 0 aliphatic carbocycles. The van der Waals surface area contributed by atoms with E-state index in [2.05, 4.69) is 0 Å². The summed E-state index contributed by atoms with van der Waals surface area (Å²) in [5.74, 6) is -0.983. The number of hydrogen-bond donors (Lipinski definition) is 1. The predicted octanol–water partition coefficient (Wildman–Crippen LogP) is 2.56. The highest BCUT2D eigenvalue weighted by Gasteiger charge is 2.18. The van der Waals surface area contributed by atoms with Gasteiger partial charge in [0, 0.05) is 10.6 Å². The molecule has 0 saturated carbocycles. The monoisotopic (exact) mass is 381 g/mol. The zero-order valence-electron chi connectivity index (χ0n) is 13.4. The van der Waals surface area contributed by atoms with Gasteiger partial charge < -0.3 is 4.74 Å². The largest absolute Gasteiger partial charge is 0.367 e. The minimum Gasteiger partial charge on any atom is -0.367 e. The second kappa shape index (κ2) is 8.24. The van der Waals surface area contributed by atoms with Crippen LogP contribution >= 0.6 is 11.6 Å². The van der Waals surface area contributed by atoms with Crippen molar-refractivity contribution in [3.05, 3.63) is 64.7 Å². The molecule has 0 aromatic heterocycles. The summed E-state index contributed by atoms with van der Waals surface area (Å²) in [5.41, 5.74) is 1.08.